The van der Waals surface area contributed by atoms with Crippen molar-refractivity contribution in [3.05, 3.63) is 71.3 Å². The molecule has 0 spiro atoms. The van der Waals surface area contributed by atoms with Crippen molar-refractivity contribution in [2.24, 2.45) is 0 Å². The summed E-state index contributed by atoms with van der Waals surface area (Å²) in [5.74, 6) is 0.167. The van der Waals surface area contributed by atoms with Crippen LogP contribution in [0.2, 0.25) is 0 Å². The third kappa shape index (κ3) is 4.20. The minimum atomic E-state index is 0.00377. The Hall–Kier alpha value is -2.13. The molecule has 0 radical (unpaired) electrons. The molecule has 1 aliphatic heterocycles. The zero-order valence-electron chi connectivity index (χ0n) is 13.7. The van der Waals surface area contributed by atoms with Crippen LogP contribution in [-0.2, 0) is 24.2 Å². The van der Waals surface area contributed by atoms with E-state index < -0.39 is 0 Å². The molecule has 2 aromatic carbocycles. The molecule has 2 atom stereocenters. The van der Waals surface area contributed by atoms with Gasteiger partial charge in [0.25, 0.3) is 5.91 Å². The van der Waals surface area contributed by atoms with Crippen molar-refractivity contribution in [3.8, 4) is 0 Å². The Morgan fingerprint density at radius 1 is 1.13 bits per heavy atom. The molecule has 0 fully saturated rings. The molecule has 0 bridgehead atoms. The Kier molecular flexibility index (Phi) is 5.09. The van der Waals surface area contributed by atoms with Crippen molar-refractivity contribution < 1.29 is 10.1 Å². The molecule has 3 nitrogen and oxygen atoms in total. The van der Waals surface area contributed by atoms with E-state index >= 15 is 0 Å². The second-order valence-corrected chi connectivity index (χ2v) is 6.45. The van der Waals surface area contributed by atoms with Crippen molar-refractivity contribution in [2.45, 2.75) is 44.8 Å². The fourth-order valence-electron chi connectivity index (χ4n) is 3.19. The second kappa shape index (κ2) is 7.42. The number of hydrogen-bond acceptors (Lipinski definition) is 1. The predicted molar refractivity (Wildman–Crippen MR) is 91.9 cm³/mol. The second-order valence-electron chi connectivity index (χ2n) is 6.45. The molecule has 3 N–H and O–H groups in total. The van der Waals surface area contributed by atoms with Crippen molar-refractivity contribution in [1.82, 2.24) is 5.32 Å². The lowest BCUT2D eigenvalue weighted by atomic mass is 9.95. The number of hydrogen-bond donors (Lipinski definition) is 2. The van der Waals surface area contributed by atoms with Crippen LogP contribution in [0.25, 0.3) is 0 Å². The maximum atomic E-state index is 12.5. The Labute approximate surface area is 138 Å². The van der Waals surface area contributed by atoms with Gasteiger partial charge >= 0.3 is 0 Å². The van der Waals surface area contributed by atoms with Gasteiger partial charge in [0.15, 0.2) is 6.04 Å². The fourth-order valence-corrected chi connectivity index (χ4v) is 3.19. The molecule has 0 aromatic heterocycles. The first-order valence-electron chi connectivity index (χ1n) is 8.47. The van der Waals surface area contributed by atoms with Crippen LogP contribution in [0, 0.1) is 0 Å². The number of nitrogens with one attached hydrogen (secondary N) is 1. The highest BCUT2D eigenvalue weighted by molar-refractivity contribution is 5.81. The summed E-state index contributed by atoms with van der Waals surface area (Å²) >= 11 is 0. The van der Waals surface area contributed by atoms with Crippen molar-refractivity contribution >= 4 is 5.91 Å². The first kappa shape index (κ1) is 15.8. The average Bonchev–Trinajstić information content (AvgIpc) is 2.60. The summed E-state index contributed by atoms with van der Waals surface area (Å²) in [6.45, 7) is 2.99. The SMILES string of the molecule is C[C@@H](CCc1ccccc1)NC(=O)[C@@H]1Cc2ccccc2C[NH2+]1. The summed E-state index contributed by atoms with van der Waals surface area (Å²) in [5.41, 5.74) is 3.99. The van der Waals surface area contributed by atoms with Gasteiger partial charge in [-0.05, 0) is 30.9 Å². The maximum absolute atomic E-state index is 12.5. The number of benzene rings is 2. The van der Waals surface area contributed by atoms with Gasteiger partial charge in [0.1, 0.15) is 6.54 Å². The molecule has 2 aromatic rings. The molecular formula is C20H25N2O+. The first-order valence-corrected chi connectivity index (χ1v) is 8.47. The standard InChI is InChI=1S/C20H24N2O/c1-15(11-12-16-7-3-2-4-8-16)22-20(23)19-13-17-9-5-6-10-18(17)14-21-19/h2-10,15,19,21H,11-14H2,1H3,(H,22,23)/p+1/t15-,19-/m0/s1. The highest BCUT2D eigenvalue weighted by Gasteiger charge is 2.28. The van der Waals surface area contributed by atoms with Crippen LogP contribution >= 0.6 is 0 Å². The number of aryl methyl sites for hydroxylation is 1. The minimum Gasteiger partial charge on any atom is -0.348 e. The lowest BCUT2D eigenvalue weighted by molar-refractivity contribution is -0.695. The van der Waals surface area contributed by atoms with Crippen LogP contribution < -0.4 is 10.6 Å². The van der Waals surface area contributed by atoms with E-state index in [2.05, 4.69) is 66.1 Å². The molecule has 0 saturated carbocycles. The van der Waals surface area contributed by atoms with Crippen LogP contribution in [0.1, 0.15) is 30.0 Å². The van der Waals surface area contributed by atoms with Gasteiger partial charge in [-0.1, -0.05) is 54.6 Å². The van der Waals surface area contributed by atoms with Gasteiger partial charge < -0.3 is 10.6 Å². The molecule has 0 unspecified atom stereocenters. The van der Waals surface area contributed by atoms with Crippen LogP contribution in [0.4, 0.5) is 0 Å². The fraction of sp³-hybridized carbons (Fsp3) is 0.350. The molecular weight excluding hydrogens is 284 g/mol. The number of quaternary nitrogens is 1. The lowest BCUT2D eigenvalue weighted by Gasteiger charge is -2.24. The summed E-state index contributed by atoms with van der Waals surface area (Å²) in [6, 6.07) is 19.1. The van der Waals surface area contributed by atoms with Gasteiger partial charge in [-0.3, -0.25) is 4.79 Å². The highest BCUT2D eigenvalue weighted by atomic mass is 16.2. The minimum absolute atomic E-state index is 0.00377. The zero-order chi connectivity index (χ0) is 16.1. The van der Waals surface area contributed by atoms with E-state index in [0.29, 0.717) is 0 Å². The normalized spacial score (nSPS) is 18.0. The van der Waals surface area contributed by atoms with Gasteiger partial charge in [0.2, 0.25) is 0 Å². The molecule has 3 rings (SSSR count). The van der Waals surface area contributed by atoms with E-state index in [-0.39, 0.29) is 18.0 Å². The molecule has 3 heteroatoms. The van der Waals surface area contributed by atoms with Crippen molar-refractivity contribution in [1.29, 1.82) is 0 Å². The summed E-state index contributed by atoms with van der Waals surface area (Å²) < 4.78 is 0. The molecule has 23 heavy (non-hydrogen) atoms. The van der Waals surface area contributed by atoms with E-state index in [4.69, 9.17) is 0 Å². The molecule has 120 valence electrons. The summed E-state index contributed by atoms with van der Waals surface area (Å²) in [6.07, 6.45) is 2.80. The van der Waals surface area contributed by atoms with Crippen LogP contribution in [0.5, 0.6) is 0 Å². The number of nitrogens with two attached hydrogens (primary N) is 1. The number of amides is 1. The monoisotopic (exact) mass is 309 g/mol. The molecule has 1 aliphatic rings. The van der Waals surface area contributed by atoms with Gasteiger partial charge in [-0.2, -0.15) is 0 Å². The van der Waals surface area contributed by atoms with E-state index in [1.54, 1.807) is 0 Å². The van der Waals surface area contributed by atoms with E-state index in [9.17, 15) is 4.79 Å². The Morgan fingerprint density at radius 3 is 2.61 bits per heavy atom. The third-order valence-corrected chi connectivity index (χ3v) is 4.61. The largest absolute Gasteiger partial charge is 0.348 e. The van der Waals surface area contributed by atoms with Gasteiger partial charge in [0, 0.05) is 18.0 Å². The maximum Gasteiger partial charge on any atom is 0.278 e. The van der Waals surface area contributed by atoms with E-state index in [1.165, 1.54) is 16.7 Å². The predicted octanol–water partition coefficient (Wildman–Crippen LogP) is 1.81. The topological polar surface area (TPSA) is 45.7 Å². The van der Waals surface area contributed by atoms with Gasteiger partial charge in [-0.15, -0.1) is 0 Å². The number of fused-ring (bicyclic) bond motifs is 1. The van der Waals surface area contributed by atoms with Crippen molar-refractivity contribution in [2.75, 3.05) is 0 Å². The quantitative estimate of drug-likeness (QED) is 0.869. The van der Waals surface area contributed by atoms with Gasteiger partial charge in [0.05, 0.1) is 0 Å². The van der Waals surface area contributed by atoms with E-state index in [0.717, 1.165) is 25.8 Å². The Morgan fingerprint density at radius 2 is 1.83 bits per heavy atom. The first-order chi connectivity index (χ1) is 11.2. The van der Waals surface area contributed by atoms with Gasteiger partial charge in [-0.25, -0.2) is 0 Å². The summed E-state index contributed by atoms with van der Waals surface area (Å²) in [4.78, 5) is 12.5. The number of carbonyl (C=O) groups excluding carboxylic acids is 1. The molecule has 0 aliphatic carbocycles. The number of carbonyl (C=O) groups is 1. The summed E-state index contributed by atoms with van der Waals surface area (Å²) in [5, 5.41) is 5.33. The lowest BCUT2D eigenvalue weighted by Crippen LogP contribution is -2.93. The van der Waals surface area contributed by atoms with E-state index in [1.807, 2.05) is 6.07 Å². The number of rotatable bonds is 5. The Bertz CT molecular complexity index is 654. The summed E-state index contributed by atoms with van der Waals surface area (Å²) in [7, 11) is 0. The van der Waals surface area contributed by atoms with Crippen LogP contribution in [0.15, 0.2) is 54.6 Å². The zero-order valence-corrected chi connectivity index (χ0v) is 13.7. The smallest absolute Gasteiger partial charge is 0.278 e. The van der Waals surface area contributed by atoms with Crippen LogP contribution in [0.3, 0.4) is 0 Å². The third-order valence-electron chi connectivity index (χ3n) is 4.61. The molecule has 1 amide bonds. The Balaban J connectivity index is 1.49. The van der Waals surface area contributed by atoms with Crippen molar-refractivity contribution in [3.63, 3.8) is 0 Å². The molecule has 0 saturated heterocycles. The van der Waals surface area contributed by atoms with Crippen LogP contribution in [-0.4, -0.2) is 18.0 Å². The average molecular weight is 309 g/mol. The highest BCUT2D eigenvalue weighted by Crippen LogP contribution is 2.13. The molecule has 1 heterocycles.